The summed E-state index contributed by atoms with van der Waals surface area (Å²) in [4.78, 5) is 34.8. The number of fused-ring (bicyclic) bond motifs is 1. The van der Waals surface area contributed by atoms with Crippen LogP contribution in [-0.2, 0) is 4.79 Å². The molecule has 2 atom stereocenters. The van der Waals surface area contributed by atoms with Gasteiger partial charge in [0.25, 0.3) is 5.91 Å². The standard InChI is InChI=1S/C22H25F2N5O4/c1-12-4-6-14(8-12)29-11-22(23,24)20(32)28(2)16-10-25-21(27-18(16)29)26-15-7-5-13(19(30)31)9-17(15)33-3/h5,7,9-10,12,14H,4,6,8,11H2,1-3H3,(H,30,31)(H,25,26,27)/t12-,14?/m1/s1. The third kappa shape index (κ3) is 4.27. The Bertz CT molecular complexity index is 1100. The Morgan fingerprint density at radius 3 is 2.73 bits per heavy atom. The number of amides is 1. The largest absolute Gasteiger partial charge is 0.495 e. The van der Waals surface area contributed by atoms with Crippen LogP contribution >= 0.6 is 0 Å². The Labute approximate surface area is 189 Å². The van der Waals surface area contributed by atoms with Gasteiger partial charge in [0.1, 0.15) is 11.4 Å². The van der Waals surface area contributed by atoms with Crippen molar-refractivity contribution in [1.29, 1.82) is 0 Å². The van der Waals surface area contributed by atoms with E-state index in [4.69, 9.17) is 4.74 Å². The van der Waals surface area contributed by atoms with Crippen molar-refractivity contribution in [2.75, 3.05) is 35.8 Å². The van der Waals surface area contributed by atoms with Gasteiger partial charge in [0.2, 0.25) is 5.95 Å². The molecule has 1 aliphatic heterocycles. The maximum atomic E-state index is 14.8. The van der Waals surface area contributed by atoms with Crippen LogP contribution in [0.5, 0.6) is 5.75 Å². The normalized spacial score (nSPS) is 22.0. The molecule has 2 N–H and O–H groups in total. The van der Waals surface area contributed by atoms with Crippen LogP contribution in [0.4, 0.5) is 31.9 Å². The molecule has 1 fully saturated rings. The maximum absolute atomic E-state index is 14.8. The van der Waals surface area contributed by atoms with E-state index in [0.29, 0.717) is 11.6 Å². The molecule has 9 nitrogen and oxygen atoms in total. The lowest BCUT2D eigenvalue weighted by molar-refractivity contribution is -0.140. The zero-order chi connectivity index (χ0) is 23.9. The van der Waals surface area contributed by atoms with Gasteiger partial charge in [0.05, 0.1) is 31.1 Å². The molecule has 1 aliphatic carbocycles. The Morgan fingerprint density at radius 2 is 2.09 bits per heavy atom. The van der Waals surface area contributed by atoms with E-state index < -0.39 is 24.3 Å². The summed E-state index contributed by atoms with van der Waals surface area (Å²) >= 11 is 0. The molecular weight excluding hydrogens is 436 g/mol. The number of hydrogen-bond acceptors (Lipinski definition) is 7. The number of rotatable bonds is 5. The van der Waals surface area contributed by atoms with Crippen molar-refractivity contribution in [2.45, 2.75) is 38.2 Å². The number of nitrogens with zero attached hydrogens (tertiary/aromatic N) is 4. The third-order valence-corrected chi connectivity index (χ3v) is 6.17. The highest BCUT2D eigenvalue weighted by molar-refractivity contribution is 6.02. The van der Waals surface area contributed by atoms with Gasteiger partial charge in [-0.15, -0.1) is 0 Å². The van der Waals surface area contributed by atoms with Crippen molar-refractivity contribution in [3.05, 3.63) is 30.0 Å². The summed E-state index contributed by atoms with van der Waals surface area (Å²) in [6.45, 7) is 1.32. The number of hydrogen-bond donors (Lipinski definition) is 2. The molecule has 176 valence electrons. The first-order valence-electron chi connectivity index (χ1n) is 10.6. The molecule has 33 heavy (non-hydrogen) atoms. The number of ether oxygens (including phenoxy) is 1. The molecule has 4 rings (SSSR count). The van der Waals surface area contributed by atoms with Gasteiger partial charge in [0, 0.05) is 13.1 Å². The lowest BCUT2D eigenvalue weighted by Crippen LogP contribution is -2.48. The monoisotopic (exact) mass is 461 g/mol. The van der Waals surface area contributed by atoms with Crippen molar-refractivity contribution in [3.63, 3.8) is 0 Å². The molecule has 0 radical (unpaired) electrons. The molecule has 0 saturated heterocycles. The molecule has 2 heterocycles. The van der Waals surface area contributed by atoms with E-state index in [0.717, 1.165) is 24.2 Å². The summed E-state index contributed by atoms with van der Waals surface area (Å²) in [7, 11) is 2.69. The van der Waals surface area contributed by atoms with Gasteiger partial charge in [-0.25, -0.2) is 9.78 Å². The van der Waals surface area contributed by atoms with Crippen LogP contribution in [0.3, 0.4) is 0 Å². The summed E-state index contributed by atoms with van der Waals surface area (Å²) < 4.78 is 34.8. The second-order valence-electron chi connectivity index (χ2n) is 8.52. The van der Waals surface area contributed by atoms with E-state index in [-0.39, 0.29) is 34.8 Å². The number of anilines is 4. The Hall–Kier alpha value is -3.50. The summed E-state index contributed by atoms with van der Waals surface area (Å²) in [5, 5.41) is 12.2. The zero-order valence-electron chi connectivity index (χ0n) is 18.5. The molecule has 1 aromatic heterocycles. The van der Waals surface area contributed by atoms with Crippen molar-refractivity contribution >= 4 is 35.0 Å². The number of aromatic nitrogens is 2. The van der Waals surface area contributed by atoms with E-state index in [1.54, 1.807) is 0 Å². The first-order valence-corrected chi connectivity index (χ1v) is 10.6. The lowest BCUT2D eigenvalue weighted by atomic mass is 10.1. The minimum atomic E-state index is -3.56. The first kappa shape index (κ1) is 22.7. The summed E-state index contributed by atoms with van der Waals surface area (Å²) in [6, 6.07) is 4.09. The number of carbonyl (C=O) groups is 2. The van der Waals surface area contributed by atoms with Crippen LogP contribution < -0.4 is 19.9 Å². The molecule has 11 heteroatoms. The average Bonchev–Trinajstić information content (AvgIpc) is 3.19. The molecule has 1 aromatic carbocycles. The molecule has 0 bridgehead atoms. The third-order valence-electron chi connectivity index (χ3n) is 6.17. The maximum Gasteiger partial charge on any atom is 0.342 e. The van der Waals surface area contributed by atoms with E-state index >= 15 is 0 Å². The van der Waals surface area contributed by atoms with E-state index in [1.165, 1.54) is 43.5 Å². The topological polar surface area (TPSA) is 108 Å². The minimum absolute atomic E-state index is 0.0455. The van der Waals surface area contributed by atoms with Crippen molar-refractivity contribution in [1.82, 2.24) is 9.97 Å². The smallest absolute Gasteiger partial charge is 0.342 e. The lowest BCUT2D eigenvalue weighted by Gasteiger charge is -2.31. The Kier molecular flexibility index (Phi) is 5.81. The second kappa shape index (κ2) is 8.45. The number of benzene rings is 1. The molecule has 2 aliphatic rings. The van der Waals surface area contributed by atoms with Crippen LogP contribution in [0, 0.1) is 5.92 Å². The predicted molar refractivity (Wildman–Crippen MR) is 118 cm³/mol. The van der Waals surface area contributed by atoms with Crippen LogP contribution in [0.25, 0.3) is 0 Å². The molecular formula is C22H25F2N5O4. The number of halogens is 2. The van der Waals surface area contributed by atoms with Gasteiger partial charge in [-0.2, -0.15) is 13.8 Å². The highest BCUT2D eigenvalue weighted by Gasteiger charge is 2.49. The number of alkyl halides is 2. The quantitative estimate of drug-likeness (QED) is 0.696. The van der Waals surface area contributed by atoms with E-state index in [2.05, 4.69) is 22.2 Å². The fourth-order valence-electron chi connectivity index (χ4n) is 4.40. The number of methoxy groups -OCH3 is 1. The number of nitrogens with one attached hydrogen (secondary N) is 1. The molecule has 1 saturated carbocycles. The van der Waals surface area contributed by atoms with Crippen molar-refractivity contribution in [3.8, 4) is 5.75 Å². The summed E-state index contributed by atoms with van der Waals surface area (Å²) in [5.74, 6) is -4.96. The van der Waals surface area contributed by atoms with Gasteiger partial charge in [-0.1, -0.05) is 6.92 Å². The van der Waals surface area contributed by atoms with E-state index in [9.17, 15) is 23.5 Å². The Morgan fingerprint density at radius 1 is 1.33 bits per heavy atom. The molecule has 2 aromatic rings. The zero-order valence-corrected chi connectivity index (χ0v) is 18.5. The van der Waals surface area contributed by atoms with Gasteiger partial charge in [-0.05, 0) is 43.4 Å². The summed E-state index contributed by atoms with van der Waals surface area (Å²) in [6.07, 6.45) is 3.71. The van der Waals surface area contributed by atoms with Gasteiger partial charge in [-0.3, -0.25) is 4.79 Å². The summed E-state index contributed by atoms with van der Waals surface area (Å²) in [5.41, 5.74) is 0.659. The highest BCUT2D eigenvalue weighted by Crippen LogP contribution is 2.41. The Balaban J connectivity index is 1.74. The van der Waals surface area contributed by atoms with Gasteiger partial charge < -0.3 is 25.0 Å². The average molecular weight is 461 g/mol. The molecule has 1 amide bonds. The number of carboxylic acids is 1. The van der Waals surface area contributed by atoms with Crippen LogP contribution in [0.2, 0.25) is 0 Å². The number of carboxylic acid groups (broad SMARTS) is 1. The van der Waals surface area contributed by atoms with Crippen molar-refractivity contribution < 1.29 is 28.2 Å². The van der Waals surface area contributed by atoms with Crippen molar-refractivity contribution in [2.24, 2.45) is 5.92 Å². The van der Waals surface area contributed by atoms with Crippen LogP contribution in [0.1, 0.15) is 36.5 Å². The van der Waals surface area contributed by atoms with Gasteiger partial charge in [0.15, 0.2) is 5.82 Å². The fraction of sp³-hybridized carbons (Fsp3) is 0.455. The van der Waals surface area contributed by atoms with E-state index in [1.807, 2.05) is 0 Å². The van der Waals surface area contributed by atoms with Crippen LogP contribution in [-0.4, -0.2) is 59.6 Å². The highest BCUT2D eigenvalue weighted by atomic mass is 19.3. The van der Waals surface area contributed by atoms with Gasteiger partial charge >= 0.3 is 11.9 Å². The van der Waals surface area contributed by atoms with Crippen LogP contribution in [0.15, 0.2) is 24.4 Å². The second-order valence-corrected chi connectivity index (χ2v) is 8.52. The first-order chi connectivity index (χ1) is 15.6. The number of aromatic carboxylic acids is 1. The molecule has 0 spiro atoms. The minimum Gasteiger partial charge on any atom is -0.495 e. The predicted octanol–water partition coefficient (Wildman–Crippen LogP) is 3.53. The molecule has 1 unspecified atom stereocenters. The fourth-order valence-corrected chi connectivity index (χ4v) is 4.40. The number of carbonyl (C=O) groups excluding carboxylic acids is 1. The SMILES string of the molecule is COc1cc(C(=O)O)ccc1Nc1ncc2c(n1)N(C1CC[C@@H](C)C1)CC(F)(F)C(=O)N2C.